The molecule has 19 heavy (non-hydrogen) atoms. The van der Waals surface area contributed by atoms with Crippen LogP contribution in [0.15, 0.2) is 6.20 Å². The van der Waals surface area contributed by atoms with E-state index in [9.17, 15) is 14.4 Å². The van der Waals surface area contributed by atoms with E-state index in [1.807, 2.05) is 0 Å². The summed E-state index contributed by atoms with van der Waals surface area (Å²) in [5, 5.41) is 17.4. The Morgan fingerprint density at radius 1 is 1.53 bits per heavy atom. The topological polar surface area (TPSA) is 131 Å². The Morgan fingerprint density at radius 3 is 2.79 bits per heavy atom. The van der Waals surface area contributed by atoms with Crippen LogP contribution < -0.4 is 10.6 Å². The predicted molar refractivity (Wildman–Crippen MR) is 64.7 cm³/mol. The van der Waals surface area contributed by atoms with Crippen molar-refractivity contribution in [3.8, 4) is 0 Å². The molecule has 0 saturated heterocycles. The fourth-order valence-electron chi connectivity index (χ4n) is 1.15. The number of nitrogens with zero attached hydrogens (tertiary/aromatic N) is 2. The number of carbonyl (C=O) groups excluding carboxylic acids is 2. The lowest BCUT2D eigenvalue weighted by Gasteiger charge is -2.13. The number of aliphatic carboxylic acids is 1. The Balaban J connectivity index is 2.46. The van der Waals surface area contributed by atoms with E-state index in [1.54, 1.807) is 0 Å². The van der Waals surface area contributed by atoms with Gasteiger partial charge in [0.1, 0.15) is 11.0 Å². The molecule has 1 aromatic rings. The highest BCUT2D eigenvalue weighted by molar-refractivity contribution is 7.10. The number of urea groups is 1. The Labute approximate surface area is 112 Å². The summed E-state index contributed by atoms with van der Waals surface area (Å²) in [4.78, 5) is 33.3. The minimum absolute atomic E-state index is 0.0592. The molecule has 3 N–H and O–H groups in total. The molecule has 9 nitrogen and oxygen atoms in total. The summed E-state index contributed by atoms with van der Waals surface area (Å²) in [5.41, 5.74) is 0. The van der Waals surface area contributed by atoms with Crippen LogP contribution in [0.3, 0.4) is 0 Å². The maximum atomic E-state index is 11.5. The number of carboxylic acids is 1. The Kier molecular flexibility index (Phi) is 5.67. The van der Waals surface area contributed by atoms with Crippen molar-refractivity contribution in [2.24, 2.45) is 0 Å². The lowest BCUT2D eigenvalue weighted by atomic mass is 10.1. The molecule has 0 spiro atoms. The van der Waals surface area contributed by atoms with Crippen molar-refractivity contribution in [1.29, 1.82) is 0 Å². The van der Waals surface area contributed by atoms with Crippen molar-refractivity contribution in [3.05, 3.63) is 6.20 Å². The third-order valence-corrected chi connectivity index (χ3v) is 2.65. The monoisotopic (exact) mass is 288 g/mol. The molecule has 10 heteroatoms. The summed E-state index contributed by atoms with van der Waals surface area (Å²) in [7, 11) is 1.20. The van der Waals surface area contributed by atoms with Crippen molar-refractivity contribution in [3.63, 3.8) is 0 Å². The summed E-state index contributed by atoms with van der Waals surface area (Å²) >= 11 is 0.954. The number of esters is 1. The van der Waals surface area contributed by atoms with Crippen molar-refractivity contribution in [2.45, 2.75) is 18.9 Å². The number of rotatable bonds is 6. The number of aromatic nitrogens is 2. The van der Waals surface area contributed by atoms with Crippen LogP contribution in [0.4, 0.5) is 9.80 Å². The SMILES string of the molecule is COC(=O)CC[C@H](NC(=O)Nc1cnns1)C(=O)O. The number of methoxy groups -OCH3 is 1. The Bertz CT molecular complexity index is 449. The van der Waals surface area contributed by atoms with Crippen LogP contribution in [0.25, 0.3) is 0 Å². The first-order valence-corrected chi connectivity index (χ1v) is 5.94. The van der Waals surface area contributed by atoms with Gasteiger partial charge in [-0.1, -0.05) is 4.49 Å². The van der Waals surface area contributed by atoms with Gasteiger partial charge in [-0.2, -0.15) is 0 Å². The largest absolute Gasteiger partial charge is 0.480 e. The van der Waals surface area contributed by atoms with Crippen LogP contribution >= 0.6 is 11.5 Å². The van der Waals surface area contributed by atoms with E-state index >= 15 is 0 Å². The molecule has 1 aromatic heterocycles. The lowest BCUT2D eigenvalue weighted by molar-refractivity contribution is -0.142. The van der Waals surface area contributed by atoms with E-state index in [4.69, 9.17) is 5.11 Å². The second kappa shape index (κ2) is 7.26. The summed E-state index contributed by atoms with van der Waals surface area (Å²) < 4.78 is 7.93. The molecule has 0 aliphatic heterocycles. The van der Waals surface area contributed by atoms with Crippen LogP contribution in [0.1, 0.15) is 12.8 Å². The number of ether oxygens (including phenoxy) is 1. The molecule has 1 rings (SSSR count). The Morgan fingerprint density at radius 2 is 2.26 bits per heavy atom. The predicted octanol–water partition coefficient (Wildman–Crippen LogP) is 0.0660. The maximum absolute atomic E-state index is 11.5. The van der Waals surface area contributed by atoms with Gasteiger partial charge < -0.3 is 15.2 Å². The molecule has 0 fully saturated rings. The van der Waals surface area contributed by atoms with Crippen LogP contribution in [0.5, 0.6) is 0 Å². The van der Waals surface area contributed by atoms with E-state index in [0.29, 0.717) is 5.00 Å². The molecule has 0 radical (unpaired) electrons. The average Bonchev–Trinajstić information content (AvgIpc) is 2.86. The van der Waals surface area contributed by atoms with Crippen molar-refractivity contribution < 1.29 is 24.2 Å². The first-order chi connectivity index (χ1) is 9.02. The highest BCUT2D eigenvalue weighted by Gasteiger charge is 2.21. The number of carboxylic acid groups (broad SMARTS) is 1. The molecule has 0 aromatic carbocycles. The number of hydrogen-bond donors (Lipinski definition) is 3. The van der Waals surface area contributed by atoms with Crippen LogP contribution in [0.2, 0.25) is 0 Å². The highest BCUT2D eigenvalue weighted by atomic mass is 32.1. The third-order valence-electron chi connectivity index (χ3n) is 2.07. The lowest BCUT2D eigenvalue weighted by Crippen LogP contribution is -2.43. The Hall–Kier alpha value is -2.23. The second-order valence-electron chi connectivity index (χ2n) is 3.39. The summed E-state index contributed by atoms with van der Waals surface area (Å²) in [5.74, 6) is -1.78. The van der Waals surface area contributed by atoms with Gasteiger partial charge in [0.05, 0.1) is 13.3 Å². The van der Waals surface area contributed by atoms with Crippen LogP contribution in [-0.2, 0) is 14.3 Å². The molecule has 1 heterocycles. The third kappa shape index (κ3) is 5.29. The van der Waals surface area contributed by atoms with Crippen molar-refractivity contribution in [1.82, 2.24) is 14.9 Å². The van der Waals surface area contributed by atoms with Crippen LogP contribution in [-0.4, -0.2) is 45.8 Å². The first kappa shape index (κ1) is 14.8. The summed E-state index contributed by atoms with van der Waals surface area (Å²) in [6.07, 6.45) is 1.17. The average molecular weight is 288 g/mol. The van der Waals surface area contributed by atoms with Gasteiger partial charge in [0.25, 0.3) is 0 Å². The molecule has 0 aliphatic carbocycles. The van der Waals surface area contributed by atoms with Crippen molar-refractivity contribution >= 4 is 34.5 Å². The van der Waals surface area contributed by atoms with E-state index in [-0.39, 0.29) is 12.8 Å². The number of nitrogens with one attached hydrogen (secondary N) is 2. The summed E-state index contributed by atoms with van der Waals surface area (Å²) in [6, 6.07) is -1.89. The smallest absolute Gasteiger partial charge is 0.326 e. The highest BCUT2D eigenvalue weighted by Crippen LogP contribution is 2.09. The van der Waals surface area contributed by atoms with Gasteiger partial charge in [0.15, 0.2) is 0 Å². The molecule has 0 saturated carbocycles. The minimum Gasteiger partial charge on any atom is -0.480 e. The quantitative estimate of drug-likeness (QED) is 0.631. The summed E-state index contributed by atoms with van der Waals surface area (Å²) in [6.45, 7) is 0. The molecule has 2 amide bonds. The zero-order chi connectivity index (χ0) is 14.3. The van der Waals surface area contributed by atoms with E-state index in [1.165, 1.54) is 13.3 Å². The molecule has 1 atom stereocenters. The molecule has 0 aliphatic rings. The molecular weight excluding hydrogens is 276 g/mol. The molecule has 0 bridgehead atoms. The minimum atomic E-state index is -1.23. The number of amides is 2. The van der Waals surface area contributed by atoms with Gasteiger partial charge >= 0.3 is 18.0 Å². The van der Waals surface area contributed by atoms with E-state index < -0.39 is 24.0 Å². The fraction of sp³-hybridized carbons (Fsp3) is 0.444. The number of anilines is 1. The molecule has 0 unspecified atom stereocenters. The standard InChI is InChI=1S/C9H12N4O5S/c1-18-7(14)3-2-5(8(15)16)11-9(17)12-6-4-10-13-19-6/h4-5H,2-3H2,1H3,(H,15,16)(H2,11,12,17)/t5-/m0/s1. The van der Waals surface area contributed by atoms with Gasteiger partial charge in [-0.15, -0.1) is 5.10 Å². The first-order valence-electron chi connectivity index (χ1n) is 5.17. The van der Waals surface area contributed by atoms with Gasteiger partial charge in [0, 0.05) is 18.0 Å². The zero-order valence-corrected chi connectivity index (χ0v) is 10.8. The molecular formula is C9H12N4O5S. The van der Waals surface area contributed by atoms with E-state index in [0.717, 1.165) is 11.5 Å². The number of carbonyl (C=O) groups is 3. The van der Waals surface area contributed by atoms with E-state index in [2.05, 4.69) is 25.0 Å². The number of hydrogen-bond acceptors (Lipinski definition) is 7. The normalized spacial score (nSPS) is 11.4. The second-order valence-corrected chi connectivity index (χ2v) is 4.17. The van der Waals surface area contributed by atoms with Gasteiger partial charge in [-0.05, 0) is 6.42 Å². The zero-order valence-electron chi connectivity index (χ0n) is 9.95. The van der Waals surface area contributed by atoms with Crippen LogP contribution in [0, 0.1) is 0 Å². The van der Waals surface area contributed by atoms with Gasteiger partial charge in [0.2, 0.25) is 0 Å². The maximum Gasteiger partial charge on any atom is 0.326 e. The van der Waals surface area contributed by atoms with Crippen molar-refractivity contribution in [2.75, 3.05) is 12.4 Å². The van der Waals surface area contributed by atoms with Gasteiger partial charge in [-0.25, -0.2) is 9.59 Å². The molecule has 104 valence electrons. The fourth-order valence-corrected chi connectivity index (χ4v) is 1.56. The van der Waals surface area contributed by atoms with Gasteiger partial charge in [-0.3, -0.25) is 10.1 Å².